The van der Waals surface area contributed by atoms with Crippen molar-refractivity contribution in [1.82, 2.24) is 5.32 Å². The Hall–Kier alpha value is -3.11. The van der Waals surface area contributed by atoms with Gasteiger partial charge in [0.1, 0.15) is 5.75 Å². The summed E-state index contributed by atoms with van der Waals surface area (Å²) < 4.78 is 5.53. The van der Waals surface area contributed by atoms with E-state index in [2.05, 4.69) is 10.3 Å². The van der Waals surface area contributed by atoms with Crippen LogP contribution in [0.5, 0.6) is 5.75 Å². The van der Waals surface area contributed by atoms with Gasteiger partial charge in [-0.3, -0.25) is 9.79 Å². The van der Waals surface area contributed by atoms with Crippen LogP contribution in [0.2, 0.25) is 5.02 Å². The largest absolute Gasteiger partial charge is 0.484 e. The van der Waals surface area contributed by atoms with Gasteiger partial charge in [0.15, 0.2) is 6.61 Å². The predicted molar refractivity (Wildman–Crippen MR) is 114 cm³/mol. The number of nitrogens with zero attached hydrogens (tertiary/aromatic N) is 1. The molecule has 3 rings (SSSR count). The van der Waals surface area contributed by atoms with Gasteiger partial charge in [-0.05, 0) is 60.0 Å². The van der Waals surface area contributed by atoms with Crippen molar-refractivity contribution in [3.05, 3.63) is 95.0 Å². The molecule has 0 aliphatic heterocycles. The Morgan fingerprint density at radius 1 is 1.00 bits per heavy atom. The fourth-order valence-corrected chi connectivity index (χ4v) is 2.73. The second kappa shape index (κ2) is 10.3. The van der Waals surface area contributed by atoms with Gasteiger partial charge in [0, 0.05) is 17.8 Å². The van der Waals surface area contributed by atoms with Crippen LogP contribution in [0.25, 0.3) is 0 Å². The molecule has 3 aromatic carbocycles. The van der Waals surface area contributed by atoms with E-state index >= 15 is 0 Å². The second-order valence-corrected chi connectivity index (χ2v) is 6.62. The summed E-state index contributed by atoms with van der Waals surface area (Å²) in [6, 6.07) is 24.8. The van der Waals surface area contributed by atoms with Crippen LogP contribution in [0.1, 0.15) is 11.1 Å². The minimum Gasteiger partial charge on any atom is -0.484 e. The van der Waals surface area contributed by atoms with Crippen molar-refractivity contribution in [2.24, 2.45) is 4.99 Å². The summed E-state index contributed by atoms with van der Waals surface area (Å²) in [5, 5.41) is 3.51. The lowest BCUT2D eigenvalue weighted by Crippen LogP contribution is -2.30. The van der Waals surface area contributed by atoms with E-state index in [1.54, 1.807) is 12.3 Å². The zero-order valence-corrected chi connectivity index (χ0v) is 16.1. The van der Waals surface area contributed by atoms with E-state index in [9.17, 15) is 4.79 Å². The number of amides is 1. The highest BCUT2D eigenvalue weighted by Crippen LogP contribution is 2.18. The predicted octanol–water partition coefficient (Wildman–Crippen LogP) is 4.83. The second-order valence-electron chi connectivity index (χ2n) is 6.18. The number of nitrogens with one attached hydrogen (secondary N) is 1. The lowest BCUT2D eigenvalue weighted by molar-refractivity contribution is -0.123. The van der Waals surface area contributed by atoms with E-state index in [4.69, 9.17) is 16.3 Å². The van der Waals surface area contributed by atoms with Gasteiger partial charge in [0.2, 0.25) is 0 Å². The molecule has 0 bridgehead atoms. The van der Waals surface area contributed by atoms with Crippen molar-refractivity contribution in [2.45, 2.75) is 6.42 Å². The van der Waals surface area contributed by atoms with E-state index in [0.29, 0.717) is 17.3 Å². The minimum absolute atomic E-state index is 0.00919. The smallest absolute Gasteiger partial charge is 0.257 e. The molecule has 1 amide bonds. The average Bonchev–Trinajstić information content (AvgIpc) is 2.72. The summed E-state index contributed by atoms with van der Waals surface area (Å²) in [6.45, 7) is 0.579. The molecule has 1 N–H and O–H groups in total. The summed E-state index contributed by atoms with van der Waals surface area (Å²) in [7, 11) is 0. The van der Waals surface area contributed by atoms with Crippen molar-refractivity contribution in [3.63, 3.8) is 0 Å². The average molecular weight is 393 g/mol. The van der Waals surface area contributed by atoms with Crippen LogP contribution in [-0.2, 0) is 11.2 Å². The molecule has 5 heteroatoms. The highest BCUT2D eigenvalue weighted by atomic mass is 35.5. The third-order valence-corrected chi connectivity index (χ3v) is 4.23. The van der Waals surface area contributed by atoms with Crippen LogP contribution >= 0.6 is 11.6 Å². The van der Waals surface area contributed by atoms with E-state index < -0.39 is 0 Å². The van der Waals surface area contributed by atoms with Crippen LogP contribution in [0, 0.1) is 0 Å². The summed E-state index contributed by atoms with van der Waals surface area (Å²) in [5.41, 5.74) is 2.92. The first-order chi connectivity index (χ1) is 13.7. The van der Waals surface area contributed by atoms with Gasteiger partial charge in [0.05, 0.1) is 5.69 Å². The fourth-order valence-electron chi connectivity index (χ4n) is 2.55. The molecule has 3 aromatic rings. The number of halogens is 1. The zero-order valence-electron chi connectivity index (χ0n) is 15.3. The number of carbonyl (C=O) groups is 1. The van der Waals surface area contributed by atoms with E-state index in [0.717, 1.165) is 17.7 Å². The maximum atomic E-state index is 11.9. The Balaban J connectivity index is 1.42. The summed E-state index contributed by atoms with van der Waals surface area (Å²) in [5.74, 6) is 0.501. The first kappa shape index (κ1) is 19.6. The Labute approximate surface area is 169 Å². The molecule has 0 saturated heterocycles. The molecule has 0 saturated carbocycles. The molecule has 0 fully saturated rings. The van der Waals surface area contributed by atoms with E-state index in [1.807, 2.05) is 72.8 Å². The third-order valence-electron chi connectivity index (χ3n) is 4.00. The first-order valence-corrected chi connectivity index (χ1v) is 9.40. The normalized spacial score (nSPS) is 10.8. The number of ether oxygens (including phenoxy) is 1. The van der Waals surface area contributed by atoms with Crippen LogP contribution in [0.4, 0.5) is 5.69 Å². The minimum atomic E-state index is -0.137. The summed E-state index contributed by atoms with van der Waals surface area (Å²) in [4.78, 5) is 16.3. The molecule has 0 aromatic heterocycles. The van der Waals surface area contributed by atoms with Gasteiger partial charge in [-0.1, -0.05) is 48.0 Å². The molecule has 0 aliphatic carbocycles. The van der Waals surface area contributed by atoms with Gasteiger partial charge in [-0.15, -0.1) is 0 Å². The van der Waals surface area contributed by atoms with Crippen molar-refractivity contribution in [1.29, 1.82) is 0 Å². The number of hydrogen-bond acceptors (Lipinski definition) is 3. The quantitative estimate of drug-likeness (QED) is 0.558. The van der Waals surface area contributed by atoms with Gasteiger partial charge in [-0.2, -0.15) is 0 Å². The number of hydrogen-bond donors (Lipinski definition) is 1. The number of benzene rings is 3. The molecule has 0 radical (unpaired) electrons. The monoisotopic (exact) mass is 392 g/mol. The van der Waals surface area contributed by atoms with E-state index in [-0.39, 0.29) is 12.5 Å². The van der Waals surface area contributed by atoms with Crippen LogP contribution in [-0.4, -0.2) is 25.3 Å². The molecular weight excluding hydrogens is 372 g/mol. The van der Waals surface area contributed by atoms with Crippen molar-refractivity contribution in [2.75, 3.05) is 13.2 Å². The zero-order chi connectivity index (χ0) is 19.6. The molecule has 4 nitrogen and oxygen atoms in total. The summed E-state index contributed by atoms with van der Waals surface area (Å²) >= 11 is 5.95. The standard InChI is InChI=1S/C23H21ClN2O2/c24-20-7-4-8-21(15-20)26-16-19-9-11-22(12-10-19)28-17-23(27)25-14-13-18-5-2-1-3-6-18/h1-12,15-16H,13-14,17H2,(H,25,27). The van der Waals surface area contributed by atoms with Crippen molar-refractivity contribution >= 4 is 29.4 Å². The fraction of sp³-hybridized carbons (Fsp3) is 0.130. The highest BCUT2D eigenvalue weighted by Gasteiger charge is 2.02. The van der Waals surface area contributed by atoms with Gasteiger partial charge in [-0.25, -0.2) is 0 Å². The first-order valence-electron chi connectivity index (χ1n) is 9.02. The number of rotatable bonds is 8. The van der Waals surface area contributed by atoms with Gasteiger partial charge in [0.25, 0.3) is 5.91 Å². The maximum Gasteiger partial charge on any atom is 0.257 e. The Bertz CT molecular complexity index is 925. The van der Waals surface area contributed by atoms with Crippen LogP contribution < -0.4 is 10.1 Å². The van der Waals surface area contributed by atoms with Gasteiger partial charge < -0.3 is 10.1 Å². The lowest BCUT2D eigenvalue weighted by atomic mass is 10.1. The molecule has 0 atom stereocenters. The SMILES string of the molecule is O=C(COc1ccc(C=Nc2cccc(Cl)c2)cc1)NCCc1ccccc1. The van der Waals surface area contributed by atoms with Crippen molar-refractivity contribution in [3.8, 4) is 5.75 Å². The van der Waals surface area contributed by atoms with Gasteiger partial charge >= 0.3 is 0 Å². The molecule has 142 valence electrons. The molecule has 0 unspecified atom stereocenters. The highest BCUT2D eigenvalue weighted by molar-refractivity contribution is 6.30. The summed E-state index contributed by atoms with van der Waals surface area (Å²) in [6.07, 6.45) is 2.55. The van der Waals surface area contributed by atoms with Crippen LogP contribution in [0.3, 0.4) is 0 Å². The molecule has 28 heavy (non-hydrogen) atoms. The number of carbonyl (C=O) groups excluding carboxylic acids is 1. The Kier molecular flexibility index (Phi) is 7.21. The lowest BCUT2D eigenvalue weighted by Gasteiger charge is -2.08. The van der Waals surface area contributed by atoms with Crippen LogP contribution in [0.15, 0.2) is 83.9 Å². The molecule has 0 spiro atoms. The van der Waals surface area contributed by atoms with E-state index in [1.165, 1.54) is 5.56 Å². The topological polar surface area (TPSA) is 50.7 Å². The Morgan fingerprint density at radius 2 is 1.79 bits per heavy atom. The molecule has 0 heterocycles. The maximum absolute atomic E-state index is 11.9. The molecule has 0 aliphatic rings. The molecular formula is C23H21ClN2O2. The Morgan fingerprint density at radius 3 is 2.54 bits per heavy atom. The number of aliphatic imine (C=N–C) groups is 1. The van der Waals surface area contributed by atoms with Crippen molar-refractivity contribution < 1.29 is 9.53 Å². The third kappa shape index (κ3) is 6.56.